The molecule has 164 valence electrons. The normalized spacial score (nSPS) is 10.5. The summed E-state index contributed by atoms with van der Waals surface area (Å²) in [6, 6.07) is 12.6. The Balaban J connectivity index is 1.62. The van der Waals surface area contributed by atoms with Crippen molar-refractivity contribution in [1.29, 1.82) is 0 Å². The van der Waals surface area contributed by atoms with E-state index in [1.165, 1.54) is 39.7 Å². The molecule has 0 atom stereocenters. The summed E-state index contributed by atoms with van der Waals surface area (Å²) >= 11 is 0. The number of anilines is 1. The maximum Gasteiger partial charge on any atom is 0.363 e. The topological polar surface area (TPSA) is 121 Å². The highest BCUT2D eigenvalue weighted by Gasteiger charge is 2.18. The molecule has 0 aliphatic heterocycles. The summed E-state index contributed by atoms with van der Waals surface area (Å²) in [7, 11) is 4.37. The zero-order valence-corrected chi connectivity index (χ0v) is 17.6. The van der Waals surface area contributed by atoms with Crippen LogP contribution in [-0.2, 0) is 4.84 Å². The van der Waals surface area contributed by atoms with E-state index in [0.29, 0.717) is 34.2 Å². The Bertz CT molecular complexity index is 1090. The second-order valence-electron chi connectivity index (χ2n) is 6.20. The summed E-state index contributed by atoms with van der Waals surface area (Å²) in [5.41, 5.74) is 4.03. The van der Waals surface area contributed by atoms with Crippen molar-refractivity contribution in [2.75, 3.05) is 26.8 Å². The molecule has 0 fully saturated rings. The lowest BCUT2D eigenvalue weighted by atomic mass is 10.2. The van der Waals surface area contributed by atoms with Crippen LogP contribution in [0.2, 0.25) is 0 Å². The molecule has 0 aliphatic rings. The van der Waals surface area contributed by atoms with Crippen LogP contribution in [0.5, 0.6) is 17.2 Å². The number of ether oxygens (including phenoxy) is 3. The van der Waals surface area contributed by atoms with Gasteiger partial charge in [-0.3, -0.25) is 9.78 Å². The third kappa shape index (κ3) is 5.36. The van der Waals surface area contributed by atoms with Crippen LogP contribution in [0.25, 0.3) is 0 Å². The van der Waals surface area contributed by atoms with Gasteiger partial charge in [-0.05, 0) is 48.5 Å². The number of amides is 1. The zero-order chi connectivity index (χ0) is 22.9. The molecule has 10 heteroatoms. The average molecular weight is 436 g/mol. The highest BCUT2D eigenvalue weighted by molar-refractivity contribution is 5.94. The van der Waals surface area contributed by atoms with Crippen molar-refractivity contribution < 1.29 is 28.6 Å². The Labute approximate surface area is 183 Å². The van der Waals surface area contributed by atoms with E-state index in [0.717, 1.165) is 0 Å². The Morgan fingerprint density at radius 3 is 2.16 bits per heavy atom. The highest BCUT2D eigenvalue weighted by Crippen LogP contribution is 2.38. The fraction of sp³-hybridized carbons (Fsp3) is 0.136. The predicted molar refractivity (Wildman–Crippen MR) is 115 cm³/mol. The summed E-state index contributed by atoms with van der Waals surface area (Å²) in [5.74, 6) is -0.135. The Morgan fingerprint density at radius 1 is 0.906 bits per heavy atom. The molecule has 1 N–H and O–H groups in total. The van der Waals surface area contributed by atoms with Gasteiger partial charge < -0.3 is 19.0 Å². The van der Waals surface area contributed by atoms with Gasteiger partial charge in [-0.1, -0.05) is 0 Å². The fourth-order valence-electron chi connectivity index (χ4n) is 2.61. The maximum absolute atomic E-state index is 12.4. The van der Waals surface area contributed by atoms with Crippen molar-refractivity contribution in [2.24, 2.45) is 10.2 Å². The maximum atomic E-state index is 12.4. The average Bonchev–Trinajstić information content (AvgIpc) is 2.85. The number of methoxy groups -OCH3 is 3. The van der Waals surface area contributed by atoms with E-state index in [1.807, 2.05) is 0 Å². The number of nitrogens with zero attached hydrogens (tertiary/aromatic N) is 3. The molecule has 1 heterocycles. The first kappa shape index (κ1) is 22.2. The quantitative estimate of drug-likeness (QED) is 0.412. The summed E-state index contributed by atoms with van der Waals surface area (Å²) in [4.78, 5) is 33.3. The molecule has 0 saturated heterocycles. The molecule has 0 radical (unpaired) electrons. The molecular formula is C22H20N4O6. The number of aromatic nitrogens is 1. The standard InChI is InChI=1S/C22H20N4O6/c1-29-18-11-15(12-19(30-2)20(18)31-3)22(28)32-26-17-8-6-16(7-9-17)24-25-21(27)14-5-4-10-23-13-14/h4-13,26H,1-3H3. The van der Waals surface area contributed by atoms with E-state index in [-0.39, 0.29) is 5.56 Å². The highest BCUT2D eigenvalue weighted by atomic mass is 16.7. The van der Waals surface area contributed by atoms with E-state index in [2.05, 4.69) is 20.7 Å². The number of hydrogen-bond acceptors (Lipinski definition) is 9. The summed E-state index contributed by atoms with van der Waals surface area (Å²) in [5, 5.41) is 7.55. The van der Waals surface area contributed by atoms with E-state index < -0.39 is 11.9 Å². The van der Waals surface area contributed by atoms with Crippen LogP contribution in [0.15, 0.2) is 71.2 Å². The molecular weight excluding hydrogens is 416 g/mol. The molecule has 1 aromatic heterocycles. The Morgan fingerprint density at radius 2 is 1.59 bits per heavy atom. The van der Waals surface area contributed by atoms with Crippen LogP contribution in [0.1, 0.15) is 20.7 Å². The third-order valence-electron chi connectivity index (χ3n) is 4.19. The first-order valence-corrected chi connectivity index (χ1v) is 9.29. The van der Waals surface area contributed by atoms with Gasteiger partial charge in [-0.2, -0.15) is 0 Å². The van der Waals surface area contributed by atoms with Gasteiger partial charge >= 0.3 is 5.97 Å². The van der Waals surface area contributed by atoms with Crippen molar-refractivity contribution in [3.8, 4) is 17.2 Å². The van der Waals surface area contributed by atoms with Gasteiger partial charge in [0, 0.05) is 12.4 Å². The molecule has 10 nitrogen and oxygen atoms in total. The molecule has 3 rings (SSSR count). The number of benzene rings is 2. The van der Waals surface area contributed by atoms with E-state index in [4.69, 9.17) is 19.0 Å². The number of pyridine rings is 1. The van der Waals surface area contributed by atoms with Gasteiger partial charge in [0.05, 0.1) is 43.8 Å². The lowest BCUT2D eigenvalue weighted by Crippen LogP contribution is -2.11. The van der Waals surface area contributed by atoms with Crippen LogP contribution < -0.4 is 19.7 Å². The Hall–Kier alpha value is -4.47. The minimum Gasteiger partial charge on any atom is -0.493 e. The predicted octanol–water partition coefficient (Wildman–Crippen LogP) is 4.22. The van der Waals surface area contributed by atoms with Gasteiger partial charge in [-0.25, -0.2) is 10.3 Å². The molecule has 0 spiro atoms. The molecule has 0 saturated carbocycles. The second-order valence-corrected chi connectivity index (χ2v) is 6.20. The summed E-state index contributed by atoms with van der Waals surface area (Å²) < 4.78 is 15.7. The number of carbonyl (C=O) groups excluding carboxylic acids is 2. The van der Waals surface area contributed by atoms with Crippen LogP contribution >= 0.6 is 0 Å². The molecule has 0 bridgehead atoms. The van der Waals surface area contributed by atoms with Crippen molar-refractivity contribution in [2.45, 2.75) is 0 Å². The molecule has 32 heavy (non-hydrogen) atoms. The van der Waals surface area contributed by atoms with Crippen molar-refractivity contribution in [3.63, 3.8) is 0 Å². The minimum atomic E-state index is -0.657. The van der Waals surface area contributed by atoms with Gasteiger partial charge in [0.2, 0.25) is 5.75 Å². The van der Waals surface area contributed by atoms with Gasteiger partial charge in [0.1, 0.15) is 0 Å². The lowest BCUT2D eigenvalue weighted by Gasteiger charge is -2.14. The first-order valence-electron chi connectivity index (χ1n) is 9.29. The summed E-state index contributed by atoms with van der Waals surface area (Å²) in [6.07, 6.45) is 2.98. The monoisotopic (exact) mass is 436 g/mol. The smallest absolute Gasteiger partial charge is 0.363 e. The largest absolute Gasteiger partial charge is 0.493 e. The SMILES string of the molecule is COc1cc(C(=O)ONc2ccc(N=NC(=O)c3cccnc3)cc2)cc(OC)c1OC. The van der Waals surface area contributed by atoms with Gasteiger partial charge in [0.15, 0.2) is 11.5 Å². The van der Waals surface area contributed by atoms with Crippen LogP contribution in [0.3, 0.4) is 0 Å². The lowest BCUT2D eigenvalue weighted by molar-refractivity contribution is 0.0595. The van der Waals surface area contributed by atoms with Crippen molar-refractivity contribution >= 4 is 23.3 Å². The number of hydrogen-bond donors (Lipinski definition) is 1. The van der Waals surface area contributed by atoms with Gasteiger partial charge in [-0.15, -0.1) is 10.2 Å². The van der Waals surface area contributed by atoms with E-state index in [1.54, 1.807) is 42.6 Å². The minimum absolute atomic E-state index is 0.200. The van der Waals surface area contributed by atoms with E-state index in [9.17, 15) is 9.59 Å². The van der Waals surface area contributed by atoms with Crippen molar-refractivity contribution in [3.05, 3.63) is 72.1 Å². The molecule has 2 aromatic carbocycles. The third-order valence-corrected chi connectivity index (χ3v) is 4.19. The zero-order valence-electron chi connectivity index (χ0n) is 17.6. The number of carbonyl (C=O) groups is 2. The van der Waals surface area contributed by atoms with E-state index >= 15 is 0 Å². The Kier molecular flexibility index (Phi) is 7.31. The fourth-order valence-corrected chi connectivity index (χ4v) is 2.61. The molecule has 0 unspecified atom stereocenters. The van der Waals surface area contributed by atoms with Crippen LogP contribution in [0.4, 0.5) is 11.4 Å². The first-order chi connectivity index (χ1) is 15.5. The van der Waals surface area contributed by atoms with Crippen molar-refractivity contribution in [1.82, 2.24) is 4.98 Å². The number of azo groups is 1. The molecule has 0 aliphatic carbocycles. The second kappa shape index (κ2) is 10.5. The number of nitrogens with one attached hydrogen (secondary N) is 1. The van der Waals surface area contributed by atoms with Crippen LogP contribution in [-0.4, -0.2) is 38.2 Å². The van der Waals surface area contributed by atoms with Crippen LogP contribution in [0, 0.1) is 0 Å². The number of rotatable bonds is 8. The molecule has 1 amide bonds. The summed E-state index contributed by atoms with van der Waals surface area (Å²) in [6.45, 7) is 0. The van der Waals surface area contributed by atoms with Gasteiger partial charge in [0.25, 0.3) is 5.91 Å². The molecule has 3 aromatic rings.